The third-order valence-electron chi connectivity index (χ3n) is 6.78. The predicted molar refractivity (Wildman–Crippen MR) is 110 cm³/mol. The number of piperidine rings is 2. The molecule has 146 valence electrons. The Morgan fingerprint density at radius 2 is 2.00 bits per heavy atom. The van der Waals surface area contributed by atoms with Crippen LogP contribution in [0.3, 0.4) is 0 Å². The summed E-state index contributed by atoms with van der Waals surface area (Å²) in [5, 5.41) is 12.7. The lowest BCUT2D eigenvalue weighted by molar-refractivity contribution is -0.0684. The molecule has 0 spiro atoms. The van der Waals surface area contributed by atoms with E-state index in [1.54, 1.807) is 0 Å². The highest BCUT2D eigenvalue weighted by Crippen LogP contribution is 2.42. The van der Waals surface area contributed by atoms with Gasteiger partial charge in [-0.25, -0.2) is 0 Å². The Hall–Kier alpha value is -1.62. The molecule has 4 rings (SSSR count). The van der Waals surface area contributed by atoms with Gasteiger partial charge in [0.15, 0.2) is 0 Å². The van der Waals surface area contributed by atoms with Crippen LogP contribution in [-0.4, -0.2) is 60.8 Å². The highest BCUT2D eigenvalue weighted by atomic mass is 16.5. The van der Waals surface area contributed by atoms with Gasteiger partial charge in [-0.05, 0) is 63.2 Å². The number of likely N-dealkylation sites (N-methyl/N-ethyl adjacent to an activating group) is 1. The molecule has 0 radical (unpaired) electrons. The molecule has 2 heterocycles. The van der Waals surface area contributed by atoms with Crippen LogP contribution in [0.4, 0.5) is 0 Å². The molecule has 4 heteroatoms. The lowest BCUT2D eigenvalue weighted by Gasteiger charge is -2.53. The number of rotatable bonds is 5. The Morgan fingerprint density at radius 1 is 1.15 bits per heavy atom. The van der Waals surface area contributed by atoms with E-state index in [4.69, 9.17) is 4.74 Å². The molecule has 0 aliphatic carbocycles. The van der Waals surface area contributed by atoms with E-state index in [9.17, 15) is 5.11 Å². The lowest BCUT2D eigenvalue weighted by Crippen LogP contribution is -2.61. The van der Waals surface area contributed by atoms with E-state index in [2.05, 4.69) is 53.2 Å². The van der Waals surface area contributed by atoms with Crippen molar-refractivity contribution >= 4 is 10.8 Å². The minimum Gasteiger partial charge on any atom is -0.494 e. The second-order valence-corrected chi connectivity index (χ2v) is 8.30. The topological polar surface area (TPSA) is 35.9 Å². The molecule has 4 nitrogen and oxygen atoms in total. The molecule has 0 aromatic heterocycles. The molecule has 27 heavy (non-hydrogen) atoms. The number of nitrogens with zero attached hydrogens (tertiary/aromatic N) is 2. The van der Waals surface area contributed by atoms with Gasteiger partial charge < -0.3 is 14.7 Å². The van der Waals surface area contributed by atoms with Crippen molar-refractivity contribution in [1.29, 1.82) is 0 Å². The fourth-order valence-corrected chi connectivity index (χ4v) is 5.21. The normalized spacial score (nSPS) is 26.9. The summed E-state index contributed by atoms with van der Waals surface area (Å²) in [5.74, 6) is 1.01. The van der Waals surface area contributed by atoms with Crippen LogP contribution in [0, 0.1) is 5.41 Å². The Morgan fingerprint density at radius 3 is 2.81 bits per heavy atom. The average Bonchev–Trinajstić information content (AvgIpc) is 2.70. The van der Waals surface area contributed by atoms with Crippen LogP contribution in [0.1, 0.15) is 31.7 Å². The molecule has 2 saturated heterocycles. The van der Waals surface area contributed by atoms with Gasteiger partial charge in [0.25, 0.3) is 0 Å². The fraction of sp³-hybridized carbons (Fsp3) is 0.565. The maximum Gasteiger partial charge on any atom is 0.124 e. The summed E-state index contributed by atoms with van der Waals surface area (Å²) in [6.07, 6.45) is 3.43. The van der Waals surface area contributed by atoms with E-state index in [0.29, 0.717) is 19.3 Å². The van der Waals surface area contributed by atoms with E-state index in [1.807, 2.05) is 6.92 Å². The van der Waals surface area contributed by atoms with Gasteiger partial charge in [-0.3, -0.25) is 4.90 Å². The minimum absolute atomic E-state index is 0.0883. The molecule has 1 N–H and O–H groups in total. The second kappa shape index (κ2) is 7.78. The number of hydrogen-bond donors (Lipinski definition) is 1. The van der Waals surface area contributed by atoms with Gasteiger partial charge in [0.1, 0.15) is 5.75 Å². The molecule has 2 aliphatic rings. The third kappa shape index (κ3) is 3.46. The molecule has 0 saturated carbocycles. The van der Waals surface area contributed by atoms with Crippen LogP contribution in [0.25, 0.3) is 10.8 Å². The van der Waals surface area contributed by atoms with E-state index < -0.39 is 0 Å². The molecule has 0 amide bonds. The monoisotopic (exact) mass is 368 g/mol. The average molecular weight is 369 g/mol. The first-order chi connectivity index (χ1) is 13.2. The van der Waals surface area contributed by atoms with Crippen molar-refractivity contribution < 1.29 is 9.84 Å². The molecule has 0 bridgehead atoms. The number of benzene rings is 2. The number of fused-ring (bicyclic) bond motifs is 2. The van der Waals surface area contributed by atoms with Crippen molar-refractivity contribution in [3.63, 3.8) is 0 Å². The smallest absolute Gasteiger partial charge is 0.124 e. The van der Waals surface area contributed by atoms with E-state index in [0.717, 1.165) is 44.8 Å². The summed E-state index contributed by atoms with van der Waals surface area (Å²) in [5.41, 5.74) is 1.38. The van der Waals surface area contributed by atoms with Crippen molar-refractivity contribution in [2.24, 2.45) is 5.41 Å². The summed E-state index contributed by atoms with van der Waals surface area (Å²) < 4.78 is 5.98. The molecular formula is C23H32N2O2. The largest absolute Gasteiger partial charge is 0.494 e. The summed E-state index contributed by atoms with van der Waals surface area (Å²) in [6.45, 7) is 7.15. The summed E-state index contributed by atoms with van der Waals surface area (Å²) in [6, 6.07) is 13.3. The van der Waals surface area contributed by atoms with Crippen LogP contribution >= 0.6 is 0 Å². The van der Waals surface area contributed by atoms with E-state index in [1.165, 1.54) is 22.8 Å². The van der Waals surface area contributed by atoms with Crippen LogP contribution < -0.4 is 4.74 Å². The molecule has 0 unspecified atom stereocenters. The van der Waals surface area contributed by atoms with Crippen molar-refractivity contribution in [2.45, 2.75) is 38.8 Å². The standard InChI is InChI=1S/C23H32N2O2/c1-3-27-21-10-9-18-7-4-5-8-19(18)20(21)15-25-14-12-23(17-26)11-6-13-24(2)22(23)16-25/h4-5,7-10,22,26H,3,6,11-17H2,1-2H3/t22-,23-/m1/s1. The lowest BCUT2D eigenvalue weighted by atomic mass is 9.69. The quantitative estimate of drug-likeness (QED) is 0.876. The van der Waals surface area contributed by atoms with Gasteiger partial charge in [0.05, 0.1) is 13.2 Å². The Kier molecular flexibility index (Phi) is 5.40. The Balaban J connectivity index is 1.62. The van der Waals surface area contributed by atoms with Gasteiger partial charge >= 0.3 is 0 Å². The van der Waals surface area contributed by atoms with Gasteiger partial charge in [-0.2, -0.15) is 0 Å². The third-order valence-corrected chi connectivity index (χ3v) is 6.78. The fourth-order valence-electron chi connectivity index (χ4n) is 5.21. The molecule has 2 fully saturated rings. The van der Waals surface area contributed by atoms with Gasteiger partial charge in [0, 0.05) is 30.1 Å². The zero-order valence-corrected chi connectivity index (χ0v) is 16.7. The summed E-state index contributed by atoms with van der Waals surface area (Å²) >= 11 is 0. The maximum absolute atomic E-state index is 10.2. The van der Waals surface area contributed by atoms with Crippen LogP contribution in [0.5, 0.6) is 5.75 Å². The number of likely N-dealkylation sites (tertiary alicyclic amines) is 2. The van der Waals surface area contributed by atoms with Crippen LogP contribution in [0.15, 0.2) is 36.4 Å². The van der Waals surface area contributed by atoms with Crippen molar-refractivity contribution in [3.8, 4) is 5.75 Å². The summed E-state index contributed by atoms with van der Waals surface area (Å²) in [7, 11) is 2.22. The highest BCUT2D eigenvalue weighted by Gasteiger charge is 2.46. The van der Waals surface area contributed by atoms with Gasteiger partial charge in [-0.15, -0.1) is 0 Å². The van der Waals surface area contributed by atoms with E-state index in [-0.39, 0.29) is 5.41 Å². The molecule has 2 aromatic carbocycles. The maximum atomic E-state index is 10.2. The summed E-state index contributed by atoms with van der Waals surface area (Å²) in [4.78, 5) is 5.03. The van der Waals surface area contributed by atoms with Crippen LogP contribution in [-0.2, 0) is 6.54 Å². The minimum atomic E-state index is 0.0883. The zero-order valence-electron chi connectivity index (χ0n) is 16.7. The number of ether oxygens (including phenoxy) is 1. The van der Waals surface area contributed by atoms with Gasteiger partial charge in [-0.1, -0.05) is 30.3 Å². The number of aliphatic hydroxyl groups excluding tert-OH is 1. The highest BCUT2D eigenvalue weighted by molar-refractivity contribution is 5.87. The van der Waals surface area contributed by atoms with Crippen LogP contribution in [0.2, 0.25) is 0 Å². The Bertz CT molecular complexity index is 793. The second-order valence-electron chi connectivity index (χ2n) is 8.30. The zero-order chi connectivity index (χ0) is 18.9. The van der Waals surface area contributed by atoms with Crippen molar-refractivity contribution in [3.05, 3.63) is 42.0 Å². The number of hydrogen-bond acceptors (Lipinski definition) is 4. The number of aliphatic hydroxyl groups is 1. The first kappa shape index (κ1) is 18.7. The molecule has 2 aliphatic heterocycles. The van der Waals surface area contributed by atoms with Gasteiger partial charge in [0.2, 0.25) is 0 Å². The first-order valence-corrected chi connectivity index (χ1v) is 10.3. The predicted octanol–water partition coefficient (Wildman–Crippen LogP) is 3.52. The van der Waals surface area contributed by atoms with Crippen molar-refractivity contribution in [1.82, 2.24) is 9.80 Å². The molecule has 2 aromatic rings. The van der Waals surface area contributed by atoms with Crippen molar-refractivity contribution in [2.75, 3.05) is 39.9 Å². The molecule has 2 atom stereocenters. The Labute approximate surface area is 162 Å². The first-order valence-electron chi connectivity index (χ1n) is 10.3. The SMILES string of the molecule is CCOc1ccc2ccccc2c1CN1CC[C@@]2(CO)CCCN(C)[C@@H]2C1. The van der Waals surface area contributed by atoms with E-state index >= 15 is 0 Å². The molecular weight excluding hydrogens is 336 g/mol.